The van der Waals surface area contributed by atoms with Crippen LogP contribution in [0.1, 0.15) is 33.4 Å². The minimum absolute atomic E-state index is 0.186. The molecule has 0 saturated carbocycles. The maximum atomic E-state index is 13.1. The fourth-order valence-corrected chi connectivity index (χ4v) is 3.38. The van der Waals surface area contributed by atoms with Crippen LogP contribution in [0.4, 0.5) is 5.69 Å². The van der Waals surface area contributed by atoms with Gasteiger partial charge in [0.15, 0.2) is 5.82 Å². The number of aliphatic hydroxyl groups is 1. The van der Waals surface area contributed by atoms with Crippen molar-refractivity contribution in [2.45, 2.75) is 13.2 Å². The number of carbonyl (C=O) groups excluding carboxylic acids is 1. The smallest absolute Gasteiger partial charge is 0.274 e. The number of pyridine rings is 1. The average molecular weight is 476 g/mol. The first-order chi connectivity index (χ1) is 13.8. The maximum absolute atomic E-state index is 13.1. The molecule has 0 aliphatic rings. The van der Waals surface area contributed by atoms with Gasteiger partial charge in [-0.1, -0.05) is 11.6 Å². The minimum atomic E-state index is -1.07. The quantitative estimate of drug-likeness (QED) is 0.488. The van der Waals surface area contributed by atoms with Crippen molar-refractivity contribution in [1.82, 2.24) is 20.1 Å². The van der Waals surface area contributed by atoms with Gasteiger partial charge in [-0.05, 0) is 59.7 Å². The van der Waals surface area contributed by atoms with Gasteiger partial charge in [-0.25, -0.2) is 9.67 Å². The first kappa shape index (κ1) is 21.0. The normalized spacial score (nSPS) is 11.7. The van der Waals surface area contributed by atoms with Crippen LogP contribution in [-0.4, -0.2) is 32.8 Å². The molecule has 1 atom stereocenters. The number of hydrogen-bond acceptors (Lipinski definition) is 6. The predicted octanol–water partition coefficient (Wildman–Crippen LogP) is 3.33. The highest BCUT2D eigenvalue weighted by Crippen LogP contribution is 2.28. The number of benzene rings is 1. The Morgan fingerprint density at radius 3 is 2.83 bits per heavy atom. The van der Waals surface area contributed by atoms with E-state index in [1.54, 1.807) is 38.4 Å². The van der Waals surface area contributed by atoms with Gasteiger partial charge in [0.05, 0.1) is 22.3 Å². The van der Waals surface area contributed by atoms with Gasteiger partial charge in [-0.2, -0.15) is 10.4 Å². The number of hydrogen-bond donors (Lipinski definition) is 3. The zero-order chi connectivity index (χ0) is 21.1. The number of rotatable bonds is 5. The molecule has 10 heteroatoms. The number of halogens is 2. The summed E-state index contributed by atoms with van der Waals surface area (Å²) in [6.07, 6.45) is 0.476. The van der Waals surface area contributed by atoms with Gasteiger partial charge in [0.1, 0.15) is 16.5 Å². The summed E-state index contributed by atoms with van der Waals surface area (Å²) < 4.78 is 1.76. The fraction of sp³-hybridized carbons (Fsp3) is 0.158. The van der Waals surface area contributed by atoms with Crippen LogP contribution < -0.4 is 10.6 Å². The third kappa shape index (κ3) is 4.31. The van der Waals surface area contributed by atoms with Crippen LogP contribution in [0.2, 0.25) is 5.02 Å². The highest BCUT2D eigenvalue weighted by Gasteiger charge is 2.22. The summed E-state index contributed by atoms with van der Waals surface area (Å²) in [5.41, 5.74) is 1.96. The lowest BCUT2D eigenvalue weighted by molar-refractivity contribution is 0.101. The van der Waals surface area contributed by atoms with Crippen molar-refractivity contribution < 1.29 is 9.90 Å². The number of aromatic nitrogens is 3. The Balaban J connectivity index is 2.05. The molecule has 0 aliphatic carbocycles. The van der Waals surface area contributed by atoms with Crippen LogP contribution in [0.25, 0.3) is 5.82 Å². The molecular formula is C19H16BrClN6O2. The Morgan fingerprint density at radius 1 is 1.41 bits per heavy atom. The van der Waals surface area contributed by atoms with Crippen molar-refractivity contribution >= 4 is 39.1 Å². The van der Waals surface area contributed by atoms with E-state index in [9.17, 15) is 15.2 Å². The van der Waals surface area contributed by atoms with Crippen LogP contribution in [0.5, 0.6) is 0 Å². The lowest BCUT2D eigenvalue weighted by atomic mass is 10.0. The van der Waals surface area contributed by atoms with Crippen LogP contribution >= 0.6 is 27.5 Å². The van der Waals surface area contributed by atoms with Crippen LogP contribution in [0, 0.1) is 18.3 Å². The van der Waals surface area contributed by atoms with E-state index in [1.165, 1.54) is 16.8 Å². The Bertz CT molecular complexity index is 1120. The minimum Gasteiger partial charge on any atom is -0.374 e. The maximum Gasteiger partial charge on any atom is 0.274 e. The van der Waals surface area contributed by atoms with Gasteiger partial charge in [0, 0.05) is 17.8 Å². The van der Waals surface area contributed by atoms with Gasteiger partial charge < -0.3 is 10.4 Å². The summed E-state index contributed by atoms with van der Waals surface area (Å²) in [7, 11) is 1.57. The molecular weight excluding hydrogens is 460 g/mol. The topological polar surface area (TPSA) is 116 Å². The summed E-state index contributed by atoms with van der Waals surface area (Å²) in [5.74, 6) is -0.181. The van der Waals surface area contributed by atoms with E-state index in [2.05, 4.69) is 36.6 Å². The Morgan fingerprint density at radius 2 is 2.17 bits per heavy atom. The van der Waals surface area contributed by atoms with E-state index >= 15 is 0 Å². The van der Waals surface area contributed by atoms with E-state index in [-0.39, 0.29) is 5.69 Å². The molecule has 0 fully saturated rings. The second-order valence-corrected chi connectivity index (χ2v) is 7.31. The molecule has 3 aromatic rings. The molecule has 0 saturated heterocycles. The molecule has 0 spiro atoms. The van der Waals surface area contributed by atoms with Gasteiger partial charge in [-0.15, -0.1) is 0 Å². The van der Waals surface area contributed by atoms with E-state index in [1.807, 2.05) is 6.07 Å². The van der Waals surface area contributed by atoms with Crippen molar-refractivity contribution in [2.24, 2.45) is 0 Å². The van der Waals surface area contributed by atoms with E-state index in [0.717, 1.165) is 0 Å². The molecule has 3 rings (SSSR count). The highest BCUT2D eigenvalue weighted by atomic mass is 79.9. The molecule has 2 aromatic heterocycles. The standard InChI is InChI=1S/C19H16BrClN6O2/c1-10-6-11(9-22)7-12(18(28)23-2)16(10)25-19(29)14-8-15(20)26-27(14)17-13(21)4-3-5-24-17/h3-8,18,23,28H,1-2H3,(H,25,29). The van der Waals surface area contributed by atoms with E-state index in [4.69, 9.17) is 11.6 Å². The largest absolute Gasteiger partial charge is 0.374 e. The van der Waals surface area contributed by atoms with E-state index < -0.39 is 12.1 Å². The molecule has 29 heavy (non-hydrogen) atoms. The van der Waals surface area contributed by atoms with Crippen LogP contribution in [-0.2, 0) is 0 Å². The fourth-order valence-electron chi connectivity index (χ4n) is 2.81. The van der Waals surface area contributed by atoms with Crippen molar-refractivity contribution in [1.29, 1.82) is 5.26 Å². The van der Waals surface area contributed by atoms with Crippen molar-refractivity contribution in [3.05, 3.63) is 68.5 Å². The first-order valence-electron chi connectivity index (χ1n) is 8.43. The molecule has 0 aliphatic heterocycles. The average Bonchev–Trinajstić information content (AvgIpc) is 3.10. The second-order valence-electron chi connectivity index (χ2n) is 6.09. The number of nitriles is 1. The molecule has 1 amide bonds. The van der Waals surface area contributed by atoms with Crippen LogP contribution in [0.15, 0.2) is 41.1 Å². The van der Waals surface area contributed by atoms with Gasteiger partial charge in [0.25, 0.3) is 5.91 Å². The van der Waals surface area contributed by atoms with Crippen molar-refractivity contribution in [3.8, 4) is 11.9 Å². The summed E-state index contributed by atoms with van der Waals surface area (Å²) in [5, 5.41) is 29.6. The van der Waals surface area contributed by atoms with Crippen molar-refractivity contribution in [2.75, 3.05) is 12.4 Å². The summed E-state index contributed by atoms with van der Waals surface area (Å²) in [6, 6.07) is 10.1. The number of nitrogens with zero attached hydrogens (tertiary/aromatic N) is 4. The summed E-state index contributed by atoms with van der Waals surface area (Å²) in [4.78, 5) is 17.3. The van der Waals surface area contributed by atoms with E-state index in [0.29, 0.717) is 37.8 Å². The lowest BCUT2D eigenvalue weighted by Gasteiger charge is -2.18. The molecule has 148 valence electrons. The second kappa shape index (κ2) is 8.71. The number of aliphatic hydroxyl groups excluding tert-OH is 1. The third-order valence-electron chi connectivity index (χ3n) is 4.15. The zero-order valence-electron chi connectivity index (χ0n) is 15.4. The molecule has 1 aromatic carbocycles. The highest BCUT2D eigenvalue weighted by molar-refractivity contribution is 9.10. The number of nitrogens with one attached hydrogen (secondary N) is 2. The number of anilines is 1. The third-order valence-corrected chi connectivity index (χ3v) is 4.84. The molecule has 0 radical (unpaired) electrons. The van der Waals surface area contributed by atoms with Gasteiger partial charge >= 0.3 is 0 Å². The molecule has 1 unspecified atom stereocenters. The summed E-state index contributed by atoms with van der Waals surface area (Å²) >= 11 is 9.48. The monoisotopic (exact) mass is 474 g/mol. The predicted molar refractivity (Wildman–Crippen MR) is 112 cm³/mol. The van der Waals surface area contributed by atoms with Crippen LogP contribution in [0.3, 0.4) is 0 Å². The molecule has 2 heterocycles. The SMILES string of the molecule is CNC(O)c1cc(C#N)cc(C)c1NC(=O)c1cc(Br)nn1-c1ncccc1Cl. The van der Waals surface area contributed by atoms with Gasteiger partial charge in [-0.3, -0.25) is 10.1 Å². The first-order valence-corrected chi connectivity index (χ1v) is 9.60. The molecule has 8 nitrogen and oxygen atoms in total. The molecule has 3 N–H and O–H groups in total. The number of aryl methyl sites for hydroxylation is 1. The zero-order valence-corrected chi connectivity index (χ0v) is 17.8. The number of carbonyl (C=O) groups is 1. The Labute approximate surface area is 180 Å². The lowest BCUT2D eigenvalue weighted by Crippen LogP contribution is -2.22. The Kier molecular flexibility index (Phi) is 6.30. The van der Waals surface area contributed by atoms with Crippen molar-refractivity contribution in [3.63, 3.8) is 0 Å². The Hall–Kier alpha value is -2.77. The van der Waals surface area contributed by atoms with Gasteiger partial charge in [0.2, 0.25) is 0 Å². The summed E-state index contributed by atoms with van der Waals surface area (Å²) in [6.45, 7) is 1.74. The molecule has 0 bridgehead atoms. The number of amides is 1.